The molecule has 1 saturated heterocycles. The van der Waals surface area contributed by atoms with Crippen LogP contribution in [0, 0.1) is 13.8 Å². The molecule has 0 aliphatic carbocycles. The van der Waals surface area contributed by atoms with Gasteiger partial charge in [0.15, 0.2) is 6.10 Å². The van der Waals surface area contributed by atoms with Crippen LogP contribution in [0.1, 0.15) is 30.0 Å². The summed E-state index contributed by atoms with van der Waals surface area (Å²) in [6.45, 7) is 6.47. The number of carbonyl (C=O) groups excluding carboxylic acids is 1. The summed E-state index contributed by atoms with van der Waals surface area (Å²) in [5.41, 5.74) is 3.56. The predicted molar refractivity (Wildman–Crippen MR) is 82.8 cm³/mol. The van der Waals surface area contributed by atoms with Gasteiger partial charge in [-0.1, -0.05) is 23.8 Å². The van der Waals surface area contributed by atoms with Crippen LogP contribution in [0.25, 0.3) is 0 Å². The van der Waals surface area contributed by atoms with E-state index in [0.29, 0.717) is 19.4 Å². The summed E-state index contributed by atoms with van der Waals surface area (Å²) in [6.07, 6.45) is -0.106. The van der Waals surface area contributed by atoms with Crippen molar-refractivity contribution in [2.75, 3.05) is 13.1 Å². The molecule has 1 aliphatic heterocycles. The molecule has 1 fully saturated rings. The number of ether oxygens (including phenoxy) is 1. The molecule has 1 heterocycles. The average Bonchev–Trinajstić information content (AvgIpc) is 2.45. The molecule has 0 radical (unpaired) electrons. The van der Waals surface area contributed by atoms with Crippen molar-refractivity contribution >= 4 is 11.9 Å². The monoisotopic (exact) mass is 305 g/mol. The Morgan fingerprint density at radius 2 is 2.05 bits per heavy atom. The average molecular weight is 305 g/mol. The van der Waals surface area contributed by atoms with E-state index in [1.807, 2.05) is 19.9 Å². The number of rotatable bonds is 4. The lowest BCUT2D eigenvalue weighted by Crippen LogP contribution is -2.51. The minimum absolute atomic E-state index is 0.0126. The van der Waals surface area contributed by atoms with E-state index in [9.17, 15) is 9.59 Å². The second-order valence-electron chi connectivity index (χ2n) is 6.00. The van der Waals surface area contributed by atoms with Crippen LogP contribution in [0.5, 0.6) is 0 Å². The molecule has 22 heavy (non-hydrogen) atoms. The molecule has 5 nitrogen and oxygen atoms in total. The fraction of sp³-hybridized carbons (Fsp3) is 0.529. The van der Waals surface area contributed by atoms with Crippen molar-refractivity contribution < 1.29 is 19.4 Å². The first kappa shape index (κ1) is 16.5. The van der Waals surface area contributed by atoms with Crippen LogP contribution in [0.4, 0.5) is 0 Å². The number of nitrogens with zero attached hydrogens (tertiary/aromatic N) is 1. The van der Waals surface area contributed by atoms with Gasteiger partial charge in [0, 0.05) is 13.0 Å². The van der Waals surface area contributed by atoms with E-state index in [4.69, 9.17) is 9.84 Å². The van der Waals surface area contributed by atoms with Gasteiger partial charge in [-0.25, -0.2) is 4.79 Å². The predicted octanol–water partition coefficient (Wildman–Crippen LogP) is 1.94. The normalized spacial score (nSPS) is 21.7. The summed E-state index contributed by atoms with van der Waals surface area (Å²) in [7, 11) is 0. The molecule has 0 bridgehead atoms. The molecule has 1 unspecified atom stereocenters. The fourth-order valence-corrected chi connectivity index (χ4v) is 2.82. The van der Waals surface area contributed by atoms with Gasteiger partial charge in [0.1, 0.15) is 0 Å². The Morgan fingerprint density at radius 3 is 2.68 bits per heavy atom. The molecule has 1 aromatic rings. The number of carboxylic acid groups (broad SMARTS) is 1. The maximum absolute atomic E-state index is 12.3. The van der Waals surface area contributed by atoms with Crippen LogP contribution in [0.2, 0.25) is 0 Å². The van der Waals surface area contributed by atoms with E-state index >= 15 is 0 Å². The van der Waals surface area contributed by atoms with Gasteiger partial charge in [-0.05, 0) is 38.3 Å². The minimum atomic E-state index is -1.02. The second kappa shape index (κ2) is 6.92. The maximum atomic E-state index is 12.3. The SMILES string of the molecule is Cc1ccc(CCC(=O)N2CC(C(=O)O)O[C@H](C)C2)c(C)c1. The number of carbonyl (C=O) groups is 2. The largest absolute Gasteiger partial charge is 0.479 e. The first-order chi connectivity index (χ1) is 10.4. The summed E-state index contributed by atoms with van der Waals surface area (Å²) in [5, 5.41) is 9.06. The molecule has 0 spiro atoms. The van der Waals surface area contributed by atoms with Gasteiger partial charge in [-0.15, -0.1) is 0 Å². The lowest BCUT2D eigenvalue weighted by molar-refractivity contribution is -0.166. The summed E-state index contributed by atoms with van der Waals surface area (Å²) in [6, 6.07) is 6.21. The van der Waals surface area contributed by atoms with E-state index in [-0.39, 0.29) is 18.6 Å². The topological polar surface area (TPSA) is 66.8 Å². The number of aliphatic carboxylic acids is 1. The number of benzene rings is 1. The molecule has 1 N–H and O–H groups in total. The van der Waals surface area contributed by atoms with Gasteiger partial charge >= 0.3 is 5.97 Å². The molecule has 1 aromatic carbocycles. The summed E-state index contributed by atoms with van der Waals surface area (Å²) in [4.78, 5) is 25.0. The molecule has 0 aromatic heterocycles. The first-order valence-electron chi connectivity index (χ1n) is 7.59. The standard InChI is InChI=1S/C17H23NO4/c1-11-4-5-14(12(2)8-11)6-7-16(19)18-9-13(3)22-15(10-18)17(20)21/h4-5,8,13,15H,6-7,9-10H2,1-3H3,(H,20,21)/t13-,15?/m1/s1. The van der Waals surface area contributed by atoms with Gasteiger partial charge < -0.3 is 14.7 Å². The number of aryl methyl sites for hydroxylation is 3. The number of carboxylic acids is 1. The van der Waals surface area contributed by atoms with E-state index in [0.717, 1.165) is 5.56 Å². The Labute approximate surface area is 130 Å². The van der Waals surface area contributed by atoms with Crippen LogP contribution >= 0.6 is 0 Å². The number of hydrogen-bond acceptors (Lipinski definition) is 3. The summed E-state index contributed by atoms with van der Waals surface area (Å²) in [5.74, 6) is -1.03. The zero-order valence-corrected chi connectivity index (χ0v) is 13.3. The third-order valence-corrected chi connectivity index (χ3v) is 3.99. The lowest BCUT2D eigenvalue weighted by Gasteiger charge is -2.35. The van der Waals surface area contributed by atoms with Crippen molar-refractivity contribution in [3.8, 4) is 0 Å². The summed E-state index contributed by atoms with van der Waals surface area (Å²) < 4.78 is 5.33. The van der Waals surface area contributed by atoms with Crippen LogP contribution in [-0.4, -0.2) is 47.2 Å². The number of amides is 1. The lowest BCUT2D eigenvalue weighted by atomic mass is 10.0. The van der Waals surface area contributed by atoms with Crippen molar-refractivity contribution in [2.24, 2.45) is 0 Å². The zero-order chi connectivity index (χ0) is 16.3. The Hall–Kier alpha value is -1.88. The Morgan fingerprint density at radius 1 is 1.32 bits per heavy atom. The minimum Gasteiger partial charge on any atom is -0.479 e. The van der Waals surface area contributed by atoms with Crippen LogP contribution in [0.15, 0.2) is 18.2 Å². The van der Waals surface area contributed by atoms with E-state index in [1.54, 1.807) is 11.8 Å². The number of hydrogen-bond donors (Lipinski definition) is 1. The highest BCUT2D eigenvalue weighted by atomic mass is 16.5. The third kappa shape index (κ3) is 4.07. The highest BCUT2D eigenvalue weighted by Gasteiger charge is 2.32. The Kier molecular flexibility index (Phi) is 5.19. The molecule has 1 aliphatic rings. The van der Waals surface area contributed by atoms with Crippen LogP contribution in [-0.2, 0) is 20.7 Å². The van der Waals surface area contributed by atoms with Crippen molar-refractivity contribution in [1.29, 1.82) is 0 Å². The van der Waals surface area contributed by atoms with E-state index in [2.05, 4.69) is 12.1 Å². The molecule has 2 rings (SSSR count). The van der Waals surface area contributed by atoms with Gasteiger partial charge in [0.25, 0.3) is 0 Å². The molecule has 2 atom stereocenters. The van der Waals surface area contributed by atoms with Crippen LogP contribution in [0.3, 0.4) is 0 Å². The van der Waals surface area contributed by atoms with Crippen molar-refractivity contribution in [3.63, 3.8) is 0 Å². The van der Waals surface area contributed by atoms with Gasteiger partial charge in [-0.3, -0.25) is 4.79 Å². The van der Waals surface area contributed by atoms with E-state index in [1.165, 1.54) is 11.1 Å². The fourth-order valence-electron chi connectivity index (χ4n) is 2.82. The molecular formula is C17H23NO4. The molecule has 5 heteroatoms. The highest BCUT2D eigenvalue weighted by molar-refractivity contribution is 5.79. The Balaban J connectivity index is 1.95. The first-order valence-corrected chi connectivity index (χ1v) is 7.59. The second-order valence-corrected chi connectivity index (χ2v) is 6.00. The van der Waals surface area contributed by atoms with Crippen LogP contribution < -0.4 is 0 Å². The zero-order valence-electron chi connectivity index (χ0n) is 13.3. The molecule has 1 amide bonds. The molecule has 0 saturated carbocycles. The maximum Gasteiger partial charge on any atom is 0.334 e. The quantitative estimate of drug-likeness (QED) is 0.923. The Bertz CT molecular complexity index is 570. The number of morpholine rings is 1. The molecule has 120 valence electrons. The van der Waals surface area contributed by atoms with Gasteiger partial charge in [-0.2, -0.15) is 0 Å². The third-order valence-electron chi connectivity index (χ3n) is 3.99. The van der Waals surface area contributed by atoms with Crippen molar-refractivity contribution in [2.45, 2.75) is 45.8 Å². The smallest absolute Gasteiger partial charge is 0.334 e. The van der Waals surface area contributed by atoms with E-state index < -0.39 is 12.1 Å². The van der Waals surface area contributed by atoms with Gasteiger partial charge in [0.05, 0.1) is 12.6 Å². The highest BCUT2D eigenvalue weighted by Crippen LogP contribution is 2.16. The van der Waals surface area contributed by atoms with Crippen molar-refractivity contribution in [3.05, 3.63) is 34.9 Å². The summed E-state index contributed by atoms with van der Waals surface area (Å²) >= 11 is 0. The molecular weight excluding hydrogens is 282 g/mol. The van der Waals surface area contributed by atoms with Crippen molar-refractivity contribution in [1.82, 2.24) is 4.90 Å². The van der Waals surface area contributed by atoms with Gasteiger partial charge in [0.2, 0.25) is 5.91 Å².